The lowest BCUT2D eigenvalue weighted by atomic mass is 10.2. The van der Waals surface area contributed by atoms with E-state index in [-0.39, 0.29) is 0 Å². The van der Waals surface area contributed by atoms with Gasteiger partial charge in [-0.15, -0.1) is 0 Å². The number of urea groups is 1. The number of nitrogens with zero attached hydrogens (tertiary/aromatic N) is 1. The molecule has 6 heteroatoms. The fourth-order valence-corrected chi connectivity index (χ4v) is 1.76. The molecule has 1 rings (SSSR count). The van der Waals surface area contributed by atoms with Crippen molar-refractivity contribution in [3.63, 3.8) is 0 Å². The normalized spacial score (nSPS) is 22.8. The van der Waals surface area contributed by atoms with E-state index >= 15 is 0 Å². The monoisotopic (exact) mass is 229 g/mol. The Bertz CT molecular complexity index is 270. The van der Waals surface area contributed by atoms with Gasteiger partial charge in [0.1, 0.15) is 6.04 Å². The molecule has 0 bridgehead atoms. The van der Waals surface area contributed by atoms with Crippen molar-refractivity contribution in [1.29, 1.82) is 0 Å². The molecule has 6 nitrogen and oxygen atoms in total. The molecule has 2 amide bonds. The van der Waals surface area contributed by atoms with Crippen LogP contribution in [-0.2, 0) is 4.79 Å². The van der Waals surface area contributed by atoms with Crippen molar-refractivity contribution in [2.45, 2.75) is 31.8 Å². The van der Waals surface area contributed by atoms with Gasteiger partial charge in [0.25, 0.3) is 0 Å². The third-order valence-electron chi connectivity index (χ3n) is 2.89. The summed E-state index contributed by atoms with van der Waals surface area (Å²) < 4.78 is 0. The Morgan fingerprint density at radius 2 is 2.25 bits per heavy atom. The standard InChI is InChI=1S/C10H19N3O3/c1-7(9(14)15)12-10(16)11-6-8-4-3-5-13(8)2/h7-8H,3-6H2,1-2H3,(H,14,15)(H2,11,12,16)/t7-,8?/m1/s1. The van der Waals surface area contributed by atoms with Crippen LogP contribution in [0.4, 0.5) is 4.79 Å². The maximum absolute atomic E-state index is 11.3. The Kier molecular flexibility index (Phi) is 4.54. The fraction of sp³-hybridized carbons (Fsp3) is 0.800. The minimum atomic E-state index is -1.03. The molecule has 0 saturated carbocycles. The number of hydrogen-bond acceptors (Lipinski definition) is 3. The van der Waals surface area contributed by atoms with Crippen LogP contribution in [0, 0.1) is 0 Å². The second-order valence-electron chi connectivity index (χ2n) is 4.19. The van der Waals surface area contributed by atoms with E-state index < -0.39 is 18.0 Å². The molecule has 2 atom stereocenters. The number of likely N-dealkylation sites (tertiary alicyclic amines) is 1. The van der Waals surface area contributed by atoms with Crippen molar-refractivity contribution in [1.82, 2.24) is 15.5 Å². The molecule has 0 aromatic carbocycles. The van der Waals surface area contributed by atoms with E-state index in [1.165, 1.54) is 6.92 Å². The number of rotatable bonds is 4. The number of carbonyl (C=O) groups is 2. The van der Waals surface area contributed by atoms with Crippen LogP contribution in [0.2, 0.25) is 0 Å². The molecule has 3 N–H and O–H groups in total. The van der Waals surface area contributed by atoms with Crippen LogP contribution in [0.15, 0.2) is 0 Å². The van der Waals surface area contributed by atoms with E-state index in [2.05, 4.69) is 15.5 Å². The van der Waals surface area contributed by atoms with Crippen LogP contribution in [0.1, 0.15) is 19.8 Å². The van der Waals surface area contributed by atoms with Gasteiger partial charge in [-0.05, 0) is 33.4 Å². The number of amides is 2. The molecule has 0 aliphatic carbocycles. The van der Waals surface area contributed by atoms with Crippen molar-refractivity contribution < 1.29 is 14.7 Å². The highest BCUT2D eigenvalue weighted by molar-refractivity contribution is 5.82. The van der Waals surface area contributed by atoms with Crippen LogP contribution in [0.5, 0.6) is 0 Å². The number of carboxylic acids is 1. The highest BCUT2D eigenvalue weighted by Crippen LogP contribution is 2.13. The second-order valence-corrected chi connectivity index (χ2v) is 4.19. The number of carboxylic acid groups (broad SMARTS) is 1. The van der Waals surface area contributed by atoms with Gasteiger partial charge in [0.15, 0.2) is 0 Å². The van der Waals surface area contributed by atoms with Gasteiger partial charge in [0.05, 0.1) is 0 Å². The van der Waals surface area contributed by atoms with Gasteiger partial charge < -0.3 is 20.6 Å². The van der Waals surface area contributed by atoms with Gasteiger partial charge in [-0.3, -0.25) is 4.79 Å². The Labute approximate surface area is 95.0 Å². The Morgan fingerprint density at radius 3 is 2.75 bits per heavy atom. The Balaban J connectivity index is 2.22. The molecule has 16 heavy (non-hydrogen) atoms. The molecule has 0 aromatic heterocycles. The highest BCUT2D eigenvalue weighted by Gasteiger charge is 2.21. The van der Waals surface area contributed by atoms with Crippen LogP contribution >= 0.6 is 0 Å². The van der Waals surface area contributed by atoms with Gasteiger partial charge >= 0.3 is 12.0 Å². The smallest absolute Gasteiger partial charge is 0.325 e. The first-order chi connectivity index (χ1) is 7.50. The SMILES string of the molecule is C[C@@H](NC(=O)NCC1CCCN1C)C(=O)O. The quantitative estimate of drug-likeness (QED) is 0.626. The third-order valence-corrected chi connectivity index (χ3v) is 2.89. The zero-order chi connectivity index (χ0) is 12.1. The van der Waals surface area contributed by atoms with Crippen molar-refractivity contribution >= 4 is 12.0 Å². The average molecular weight is 229 g/mol. The van der Waals surface area contributed by atoms with E-state index in [0.29, 0.717) is 12.6 Å². The van der Waals surface area contributed by atoms with Gasteiger partial charge in [-0.25, -0.2) is 4.79 Å². The van der Waals surface area contributed by atoms with Crippen molar-refractivity contribution in [2.24, 2.45) is 0 Å². The van der Waals surface area contributed by atoms with Crippen molar-refractivity contribution in [2.75, 3.05) is 20.1 Å². The maximum atomic E-state index is 11.3. The minimum Gasteiger partial charge on any atom is -0.480 e. The second kappa shape index (κ2) is 5.69. The predicted molar refractivity (Wildman–Crippen MR) is 59.3 cm³/mol. The Hall–Kier alpha value is -1.30. The van der Waals surface area contributed by atoms with E-state index in [9.17, 15) is 9.59 Å². The topological polar surface area (TPSA) is 81.7 Å². The molecule has 0 spiro atoms. The van der Waals surface area contributed by atoms with Crippen LogP contribution < -0.4 is 10.6 Å². The molecule has 0 aromatic rings. The molecule has 1 saturated heterocycles. The van der Waals surface area contributed by atoms with E-state index in [1.807, 2.05) is 7.05 Å². The minimum absolute atomic E-state index is 0.367. The summed E-state index contributed by atoms with van der Waals surface area (Å²) in [5, 5.41) is 13.6. The summed E-state index contributed by atoms with van der Waals surface area (Å²) >= 11 is 0. The van der Waals surface area contributed by atoms with Crippen molar-refractivity contribution in [3.8, 4) is 0 Å². The molecule has 1 fully saturated rings. The molecule has 1 aliphatic rings. The first kappa shape index (κ1) is 12.8. The lowest BCUT2D eigenvalue weighted by Crippen LogP contribution is -2.47. The van der Waals surface area contributed by atoms with Gasteiger partial charge in [-0.1, -0.05) is 0 Å². The van der Waals surface area contributed by atoms with E-state index in [0.717, 1.165) is 19.4 Å². The number of hydrogen-bond donors (Lipinski definition) is 3. The number of aliphatic carboxylic acids is 1. The number of nitrogens with one attached hydrogen (secondary N) is 2. The summed E-state index contributed by atoms with van der Waals surface area (Å²) in [6, 6.07) is -0.914. The third kappa shape index (κ3) is 3.69. The molecule has 92 valence electrons. The highest BCUT2D eigenvalue weighted by atomic mass is 16.4. The van der Waals surface area contributed by atoms with Gasteiger partial charge in [0.2, 0.25) is 0 Å². The van der Waals surface area contributed by atoms with Crippen LogP contribution in [0.3, 0.4) is 0 Å². The maximum Gasteiger partial charge on any atom is 0.325 e. The van der Waals surface area contributed by atoms with Gasteiger partial charge in [0, 0.05) is 12.6 Å². The van der Waals surface area contributed by atoms with E-state index in [1.54, 1.807) is 0 Å². The largest absolute Gasteiger partial charge is 0.480 e. The summed E-state index contributed by atoms with van der Waals surface area (Å²) in [5.74, 6) is -1.03. The first-order valence-corrected chi connectivity index (χ1v) is 5.48. The lowest BCUT2D eigenvalue weighted by Gasteiger charge is -2.20. The fourth-order valence-electron chi connectivity index (χ4n) is 1.76. The van der Waals surface area contributed by atoms with Gasteiger partial charge in [-0.2, -0.15) is 0 Å². The van der Waals surface area contributed by atoms with Crippen LogP contribution in [-0.4, -0.2) is 54.2 Å². The summed E-state index contributed by atoms with van der Waals surface area (Å²) in [6.07, 6.45) is 2.22. The zero-order valence-corrected chi connectivity index (χ0v) is 9.69. The average Bonchev–Trinajstić information content (AvgIpc) is 2.61. The summed E-state index contributed by atoms with van der Waals surface area (Å²) in [4.78, 5) is 24.0. The summed E-state index contributed by atoms with van der Waals surface area (Å²) in [6.45, 7) is 3.05. The molecule has 1 heterocycles. The molecular weight excluding hydrogens is 210 g/mol. The van der Waals surface area contributed by atoms with Crippen molar-refractivity contribution in [3.05, 3.63) is 0 Å². The summed E-state index contributed by atoms with van der Waals surface area (Å²) in [7, 11) is 2.02. The summed E-state index contributed by atoms with van der Waals surface area (Å²) in [5.41, 5.74) is 0. The predicted octanol–water partition coefficient (Wildman–Crippen LogP) is -0.147. The molecule has 0 radical (unpaired) electrons. The first-order valence-electron chi connectivity index (χ1n) is 5.48. The van der Waals surface area contributed by atoms with Crippen LogP contribution in [0.25, 0.3) is 0 Å². The van der Waals surface area contributed by atoms with E-state index in [4.69, 9.17) is 5.11 Å². The molecule has 1 aliphatic heterocycles. The lowest BCUT2D eigenvalue weighted by molar-refractivity contribution is -0.138. The molecular formula is C10H19N3O3. The molecule has 1 unspecified atom stereocenters. The number of carbonyl (C=O) groups excluding carboxylic acids is 1. The number of likely N-dealkylation sites (N-methyl/N-ethyl adjacent to an activating group) is 1. The Morgan fingerprint density at radius 1 is 1.56 bits per heavy atom. The zero-order valence-electron chi connectivity index (χ0n) is 9.69.